The Bertz CT molecular complexity index is 556. The summed E-state index contributed by atoms with van der Waals surface area (Å²) in [4.78, 5) is 8.57. The summed E-state index contributed by atoms with van der Waals surface area (Å²) < 4.78 is 10.3. The van der Waals surface area contributed by atoms with Crippen LogP contribution in [0.5, 0.6) is 0 Å². The number of hydrogen-bond donors (Lipinski definition) is 0. The van der Waals surface area contributed by atoms with Crippen molar-refractivity contribution in [2.75, 3.05) is 26.9 Å². The van der Waals surface area contributed by atoms with Gasteiger partial charge in [0.2, 0.25) is 0 Å². The molecule has 112 valence electrons. The Morgan fingerprint density at radius 3 is 2.24 bits per heavy atom. The zero-order valence-corrected chi connectivity index (χ0v) is 13.2. The molecular weight excluding hydrogens is 311 g/mol. The van der Waals surface area contributed by atoms with Crippen LogP contribution in [0, 0.1) is 0 Å². The van der Waals surface area contributed by atoms with Crippen molar-refractivity contribution in [1.29, 1.82) is 0 Å². The summed E-state index contributed by atoms with van der Waals surface area (Å²) in [5, 5.41) is 0.709. The van der Waals surface area contributed by atoms with Crippen LogP contribution in [0.2, 0.25) is 10.3 Å². The van der Waals surface area contributed by atoms with Gasteiger partial charge in [-0.1, -0.05) is 53.5 Å². The number of aromatic nitrogens is 2. The van der Waals surface area contributed by atoms with Gasteiger partial charge in [0.15, 0.2) is 0 Å². The molecule has 0 unspecified atom stereocenters. The molecule has 0 radical (unpaired) electrons. The zero-order chi connectivity index (χ0) is 15.1. The molecule has 0 N–H and O–H groups in total. The summed E-state index contributed by atoms with van der Waals surface area (Å²) in [6.07, 6.45) is 0.554. The molecule has 1 aromatic heterocycles. The fourth-order valence-corrected chi connectivity index (χ4v) is 2.45. The van der Waals surface area contributed by atoms with Crippen molar-refractivity contribution < 1.29 is 9.47 Å². The third-order valence-corrected chi connectivity index (χ3v) is 3.38. The number of rotatable bonds is 7. The van der Waals surface area contributed by atoms with Crippen LogP contribution in [-0.4, -0.2) is 36.9 Å². The van der Waals surface area contributed by atoms with E-state index in [2.05, 4.69) is 9.97 Å². The highest BCUT2D eigenvalue weighted by atomic mass is 35.5. The SMILES string of the molecule is COCCOCCc1nc(Cl)c(-c2ccccc2)c(Cl)n1. The van der Waals surface area contributed by atoms with Crippen LogP contribution in [-0.2, 0) is 15.9 Å². The minimum Gasteiger partial charge on any atom is -0.382 e. The van der Waals surface area contributed by atoms with E-state index < -0.39 is 0 Å². The molecule has 21 heavy (non-hydrogen) atoms. The molecule has 0 bridgehead atoms. The molecule has 0 amide bonds. The number of methoxy groups -OCH3 is 1. The molecule has 0 saturated heterocycles. The molecule has 4 nitrogen and oxygen atoms in total. The minimum atomic E-state index is 0.355. The van der Waals surface area contributed by atoms with E-state index >= 15 is 0 Å². The second kappa shape index (κ2) is 8.29. The lowest BCUT2D eigenvalue weighted by Gasteiger charge is -2.09. The maximum atomic E-state index is 6.24. The quantitative estimate of drug-likeness (QED) is 0.575. The summed E-state index contributed by atoms with van der Waals surface area (Å²) in [6.45, 7) is 1.61. The second-order valence-corrected chi connectivity index (χ2v) is 5.03. The number of nitrogens with zero attached hydrogens (tertiary/aromatic N) is 2. The molecule has 0 aliphatic heterocycles. The molecule has 0 fully saturated rings. The molecule has 0 aliphatic rings. The van der Waals surface area contributed by atoms with Crippen molar-refractivity contribution in [3.63, 3.8) is 0 Å². The van der Waals surface area contributed by atoms with E-state index in [1.807, 2.05) is 30.3 Å². The van der Waals surface area contributed by atoms with Gasteiger partial charge in [0.05, 0.1) is 25.4 Å². The Morgan fingerprint density at radius 2 is 1.62 bits per heavy atom. The summed E-state index contributed by atoms with van der Waals surface area (Å²) >= 11 is 12.5. The first-order chi connectivity index (χ1) is 10.2. The van der Waals surface area contributed by atoms with Crippen molar-refractivity contribution >= 4 is 23.2 Å². The topological polar surface area (TPSA) is 44.2 Å². The van der Waals surface area contributed by atoms with E-state index in [0.717, 1.165) is 5.56 Å². The Kier molecular flexibility index (Phi) is 6.39. The summed E-state index contributed by atoms with van der Waals surface area (Å²) in [7, 11) is 1.63. The summed E-state index contributed by atoms with van der Waals surface area (Å²) in [5.41, 5.74) is 1.55. The first-order valence-corrected chi connectivity index (χ1v) is 7.32. The van der Waals surface area contributed by atoms with Gasteiger partial charge in [-0.25, -0.2) is 9.97 Å². The molecule has 2 aromatic rings. The molecule has 0 aliphatic carbocycles. The highest BCUT2D eigenvalue weighted by molar-refractivity contribution is 6.37. The third-order valence-electron chi connectivity index (χ3n) is 2.83. The van der Waals surface area contributed by atoms with Gasteiger partial charge in [0.1, 0.15) is 16.1 Å². The number of ether oxygens (including phenoxy) is 2. The molecule has 0 saturated carbocycles. The van der Waals surface area contributed by atoms with Gasteiger partial charge in [-0.15, -0.1) is 0 Å². The van der Waals surface area contributed by atoms with Crippen LogP contribution in [0.15, 0.2) is 30.3 Å². The molecule has 1 heterocycles. The smallest absolute Gasteiger partial charge is 0.142 e. The van der Waals surface area contributed by atoms with Crippen LogP contribution in [0.4, 0.5) is 0 Å². The van der Waals surface area contributed by atoms with Gasteiger partial charge in [0, 0.05) is 13.5 Å². The Labute approximate surface area is 134 Å². The van der Waals surface area contributed by atoms with Gasteiger partial charge < -0.3 is 9.47 Å². The van der Waals surface area contributed by atoms with Crippen molar-refractivity contribution in [3.05, 3.63) is 46.5 Å². The van der Waals surface area contributed by atoms with E-state index in [-0.39, 0.29) is 0 Å². The third kappa shape index (κ3) is 4.64. The maximum Gasteiger partial charge on any atom is 0.142 e. The molecule has 1 aromatic carbocycles. The van der Waals surface area contributed by atoms with Crippen molar-refractivity contribution in [2.24, 2.45) is 0 Å². The first-order valence-electron chi connectivity index (χ1n) is 6.56. The fourth-order valence-electron chi connectivity index (χ4n) is 1.81. The molecule has 0 atom stereocenters. The van der Waals surface area contributed by atoms with E-state index in [4.69, 9.17) is 32.7 Å². The van der Waals surface area contributed by atoms with E-state index in [9.17, 15) is 0 Å². The van der Waals surface area contributed by atoms with Gasteiger partial charge in [-0.2, -0.15) is 0 Å². The molecule has 6 heteroatoms. The highest BCUT2D eigenvalue weighted by Crippen LogP contribution is 2.32. The lowest BCUT2D eigenvalue weighted by Crippen LogP contribution is -2.07. The Balaban J connectivity index is 2.07. The first kappa shape index (κ1) is 16.2. The van der Waals surface area contributed by atoms with Crippen LogP contribution >= 0.6 is 23.2 Å². The lowest BCUT2D eigenvalue weighted by molar-refractivity contribution is 0.0716. The molecule has 0 spiro atoms. The Hall–Kier alpha value is -1.20. The predicted octanol–water partition coefficient (Wildman–Crippen LogP) is 3.66. The monoisotopic (exact) mass is 326 g/mol. The van der Waals surface area contributed by atoms with Crippen molar-refractivity contribution in [3.8, 4) is 11.1 Å². The lowest BCUT2D eigenvalue weighted by atomic mass is 10.1. The largest absolute Gasteiger partial charge is 0.382 e. The standard InChI is InChI=1S/C15H16Cl2N2O2/c1-20-9-10-21-8-7-12-18-14(16)13(15(17)19-12)11-5-3-2-4-6-11/h2-6H,7-10H2,1H3. The minimum absolute atomic E-state index is 0.355. The van der Waals surface area contributed by atoms with E-state index in [0.29, 0.717) is 47.9 Å². The Morgan fingerprint density at radius 1 is 0.952 bits per heavy atom. The highest BCUT2D eigenvalue weighted by Gasteiger charge is 2.13. The van der Waals surface area contributed by atoms with Crippen molar-refractivity contribution in [2.45, 2.75) is 6.42 Å². The number of halogens is 2. The van der Waals surface area contributed by atoms with Crippen LogP contribution in [0.25, 0.3) is 11.1 Å². The molecular formula is C15H16Cl2N2O2. The van der Waals surface area contributed by atoms with E-state index in [1.54, 1.807) is 7.11 Å². The average Bonchev–Trinajstić information content (AvgIpc) is 2.47. The van der Waals surface area contributed by atoms with Gasteiger partial charge in [-0.3, -0.25) is 0 Å². The van der Waals surface area contributed by atoms with E-state index in [1.165, 1.54) is 0 Å². The van der Waals surface area contributed by atoms with Crippen LogP contribution in [0.1, 0.15) is 5.82 Å². The second-order valence-electron chi connectivity index (χ2n) is 4.32. The summed E-state index contributed by atoms with van der Waals surface area (Å²) in [6, 6.07) is 9.60. The zero-order valence-electron chi connectivity index (χ0n) is 11.7. The van der Waals surface area contributed by atoms with Gasteiger partial charge in [-0.05, 0) is 5.56 Å². The van der Waals surface area contributed by atoms with Crippen LogP contribution in [0.3, 0.4) is 0 Å². The number of benzene rings is 1. The maximum absolute atomic E-state index is 6.24. The van der Waals surface area contributed by atoms with Gasteiger partial charge >= 0.3 is 0 Å². The fraction of sp³-hybridized carbons (Fsp3) is 0.333. The normalized spacial score (nSPS) is 10.8. The predicted molar refractivity (Wildman–Crippen MR) is 83.9 cm³/mol. The number of hydrogen-bond acceptors (Lipinski definition) is 4. The van der Waals surface area contributed by atoms with Crippen LogP contribution < -0.4 is 0 Å². The summed E-state index contributed by atoms with van der Waals surface area (Å²) in [5.74, 6) is 0.571. The van der Waals surface area contributed by atoms with Gasteiger partial charge in [0.25, 0.3) is 0 Å². The van der Waals surface area contributed by atoms with Crippen molar-refractivity contribution in [1.82, 2.24) is 9.97 Å². The average molecular weight is 327 g/mol. The molecule has 2 rings (SSSR count).